The number of amides is 1. The minimum Gasteiger partial charge on any atom is -0.320 e. The lowest BCUT2D eigenvalue weighted by Gasteiger charge is -2.24. The van der Waals surface area contributed by atoms with E-state index in [1.807, 2.05) is 18.4 Å². The van der Waals surface area contributed by atoms with Gasteiger partial charge in [0.25, 0.3) is 0 Å². The molecule has 1 aromatic rings. The molecule has 98 valence electrons. The van der Waals surface area contributed by atoms with Crippen LogP contribution in [0.2, 0.25) is 0 Å². The van der Waals surface area contributed by atoms with Crippen molar-refractivity contribution in [3.05, 3.63) is 45.1 Å². The molecule has 1 aromatic heterocycles. The van der Waals surface area contributed by atoms with Crippen LogP contribution in [0.15, 0.2) is 34.7 Å². The van der Waals surface area contributed by atoms with Crippen LogP contribution in [-0.4, -0.2) is 11.7 Å². The molecule has 5 heteroatoms. The van der Waals surface area contributed by atoms with Gasteiger partial charge in [-0.1, -0.05) is 6.08 Å². The van der Waals surface area contributed by atoms with Crippen LogP contribution in [0.25, 0.3) is 0 Å². The fourth-order valence-corrected chi connectivity index (χ4v) is 3.89. The number of thioether (sulfide) groups is 1. The average Bonchev–Trinajstić information content (AvgIpc) is 2.81. The predicted molar refractivity (Wildman–Crippen MR) is 79.9 cm³/mol. The molecule has 0 unspecified atom stereocenters. The average molecular weight is 290 g/mol. The highest BCUT2D eigenvalue weighted by atomic mass is 32.2. The summed E-state index contributed by atoms with van der Waals surface area (Å²) >= 11 is 3.06. The first kappa shape index (κ1) is 13.9. The Bertz CT molecular complexity index is 581. The molecule has 1 atom stereocenters. The lowest BCUT2D eigenvalue weighted by Crippen LogP contribution is -2.30. The van der Waals surface area contributed by atoms with Crippen molar-refractivity contribution in [3.8, 4) is 6.07 Å². The number of carbonyl (C=O) groups is 1. The van der Waals surface area contributed by atoms with E-state index < -0.39 is 0 Å². The molecule has 0 spiro atoms. The molecular formula is C14H14N2OS2. The van der Waals surface area contributed by atoms with Gasteiger partial charge < -0.3 is 5.32 Å². The van der Waals surface area contributed by atoms with Crippen LogP contribution in [0.3, 0.4) is 0 Å². The standard InChI is InChI=1S/C14H14N2OS2/c1-3-5-19-14-11(8-15)10(7-12(17)16-14)13-9(2)4-6-18-13/h3-4,6,10H,1,5,7H2,2H3,(H,16,17)/t10-/m0/s1. The first-order valence-electron chi connectivity index (χ1n) is 5.89. The van der Waals surface area contributed by atoms with Crippen LogP contribution >= 0.6 is 23.1 Å². The fourth-order valence-electron chi connectivity index (χ4n) is 2.04. The first-order valence-corrected chi connectivity index (χ1v) is 7.75. The number of carbonyl (C=O) groups excluding carboxylic acids is 1. The minimum absolute atomic E-state index is 0.0247. The lowest BCUT2D eigenvalue weighted by atomic mass is 9.91. The van der Waals surface area contributed by atoms with E-state index in [9.17, 15) is 10.1 Å². The largest absolute Gasteiger partial charge is 0.320 e. The van der Waals surface area contributed by atoms with Gasteiger partial charge in [-0.25, -0.2) is 0 Å². The molecule has 0 fully saturated rings. The van der Waals surface area contributed by atoms with E-state index in [0.29, 0.717) is 22.8 Å². The fraction of sp³-hybridized carbons (Fsp3) is 0.286. The molecule has 19 heavy (non-hydrogen) atoms. The van der Waals surface area contributed by atoms with E-state index in [4.69, 9.17) is 0 Å². The summed E-state index contributed by atoms with van der Waals surface area (Å²) in [6.45, 7) is 5.68. The molecule has 0 saturated heterocycles. The van der Waals surface area contributed by atoms with Gasteiger partial charge in [0.05, 0.1) is 16.7 Å². The quantitative estimate of drug-likeness (QED) is 0.866. The summed E-state index contributed by atoms with van der Waals surface area (Å²) in [6, 6.07) is 4.29. The summed E-state index contributed by atoms with van der Waals surface area (Å²) in [5.74, 6) is 0.547. The van der Waals surface area contributed by atoms with Crippen molar-refractivity contribution in [2.24, 2.45) is 0 Å². The second-order valence-corrected chi connectivity index (χ2v) is 6.20. The summed E-state index contributed by atoms with van der Waals surface area (Å²) < 4.78 is 0. The smallest absolute Gasteiger partial charge is 0.225 e. The van der Waals surface area contributed by atoms with E-state index in [1.54, 1.807) is 17.4 Å². The summed E-state index contributed by atoms with van der Waals surface area (Å²) in [7, 11) is 0. The molecule has 0 aliphatic carbocycles. The Hall–Kier alpha value is -1.51. The highest BCUT2D eigenvalue weighted by Crippen LogP contribution is 2.39. The molecule has 2 rings (SSSR count). The molecule has 2 heterocycles. The molecule has 1 aliphatic heterocycles. The Labute approximate surface area is 121 Å². The molecule has 0 saturated carbocycles. The van der Waals surface area contributed by atoms with Crippen LogP contribution in [0.4, 0.5) is 0 Å². The van der Waals surface area contributed by atoms with Crippen molar-refractivity contribution in [2.45, 2.75) is 19.3 Å². The van der Waals surface area contributed by atoms with Crippen molar-refractivity contribution in [3.63, 3.8) is 0 Å². The number of nitrogens with one attached hydrogen (secondary N) is 1. The summed E-state index contributed by atoms with van der Waals surface area (Å²) in [5.41, 5.74) is 1.81. The maximum absolute atomic E-state index is 11.8. The Balaban J connectivity index is 2.42. The van der Waals surface area contributed by atoms with E-state index in [2.05, 4.69) is 18.0 Å². The molecule has 3 nitrogen and oxygen atoms in total. The Kier molecular flexibility index (Phi) is 4.46. The molecule has 1 amide bonds. The number of nitriles is 1. The van der Waals surface area contributed by atoms with E-state index in [1.165, 1.54) is 11.8 Å². The van der Waals surface area contributed by atoms with Crippen LogP contribution in [0.1, 0.15) is 22.8 Å². The molecule has 0 aromatic carbocycles. The highest BCUT2D eigenvalue weighted by Gasteiger charge is 2.30. The maximum Gasteiger partial charge on any atom is 0.225 e. The topological polar surface area (TPSA) is 52.9 Å². The van der Waals surface area contributed by atoms with Gasteiger partial charge in [-0.2, -0.15) is 5.26 Å². The van der Waals surface area contributed by atoms with E-state index >= 15 is 0 Å². The summed E-state index contributed by atoms with van der Waals surface area (Å²) in [5, 5.41) is 14.9. The lowest BCUT2D eigenvalue weighted by molar-refractivity contribution is -0.120. The van der Waals surface area contributed by atoms with Gasteiger partial charge in [-0.15, -0.1) is 29.7 Å². The summed E-state index contributed by atoms with van der Waals surface area (Å²) in [4.78, 5) is 12.9. The normalized spacial score (nSPS) is 18.9. The van der Waals surface area contributed by atoms with E-state index in [-0.39, 0.29) is 11.8 Å². The molecule has 1 N–H and O–H groups in total. The second kappa shape index (κ2) is 6.09. The zero-order valence-electron chi connectivity index (χ0n) is 10.6. The Morgan fingerprint density at radius 2 is 2.53 bits per heavy atom. The zero-order chi connectivity index (χ0) is 13.8. The van der Waals surface area contributed by atoms with Gasteiger partial charge in [0.15, 0.2) is 0 Å². The zero-order valence-corrected chi connectivity index (χ0v) is 12.2. The third-order valence-electron chi connectivity index (χ3n) is 2.92. The highest BCUT2D eigenvalue weighted by molar-refractivity contribution is 8.03. The predicted octanol–water partition coefficient (Wildman–Crippen LogP) is 3.31. The van der Waals surface area contributed by atoms with Gasteiger partial charge >= 0.3 is 0 Å². The van der Waals surface area contributed by atoms with Gasteiger partial charge in [-0.05, 0) is 23.9 Å². The van der Waals surface area contributed by atoms with Gasteiger partial charge in [-0.3, -0.25) is 4.79 Å². The number of allylic oxidation sites excluding steroid dienone is 1. The minimum atomic E-state index is -0.105. The number of nitrogens with zero attached hydrogens (tertiary/aromatic N) is 1. The van der Waals surface area contributed by atoms with E-state index in [0.717, 1.165) is 10.4 Å². The van der Waals surface area contributed by atoms with Crippen molar-refractivity contribution in [2.75, 3.05) is 5.75 Å². The van der Waals surface area contributed by atoms with Crippen molar-refractivity contribution in [1.82, 2.24) is 5.32 Å². The molecule has 1 aliphatic rings. The number of aryl methyl sites for hydroxylation is 1. The number of thiophene rings is 1. The number of rotatable bonds is 4. The van der Waals surface area contributed by atoms with Gasteiger partial charge in [0.1, 0.15) is 0 Å². The number of hydrogen-bond donors (Lipinski definition) is 1. The first-order chi connectivity index (χ1) is 9.17. The third-order valence-corrected chi connectivity index (χ3v) is 5.07. The van der Waals surface area contributed by atoms with Gasteiger partial charge in [0, 0.05) is 23.0 Å². The SMILES string of the molecule is C=CCSC1=C(C#N)[C@@H](c2sccc2C)CC(=O)N1. The summed E-state index contributed by atoms with van der Waals surface area (Å²) in [6.07, 6.45) is 2.11. The maximum atomic E-state index is 11.8. The van der Waals surface area contributed by atoms with Crippen LogP contribution in [0, 0.1) is 18.3 Å². The molecule has 0 bridgehead atoms. The Morgan fingerprint density at radius 3 is 3.11 bits per heavy atom. The molecule has 0 radical (unpaired) electrons. The van der Waals surface area contributed by atoms with Crippen LogP contribution in [0.5, 0.6) is 0 Å². The third kappa shape index (κ3) is 2.91. The Morgan fingerprint density at radius 1 is 1.74 bits per heavy atom. The second-order valence-electron chi connectivity index (χ2n) is 4.23. The van der Waals surface area contributed by atoms with Gasteiger partial charge in [0.2, 0.25) is 5.91 Å². The van der Waals surface area contributed by atoms with Crippen molar-refractivity contribution >= 4 is 29.0 Å². The van der Waals surface area contributed by atoms with Crippen LogP contribution in [-0.2, 0) is 4.79 Å². The monoisotopic (exact) mass is 290 g/mol. The number of hydrogen-bond acceptors (Lipinski definition) is 4. The van der Waals surface area contributed by atoms with Crippen molar-refractivity contribution in [1.29, 1.82) is 5.26 Å². The van der Waals surface area contributed by atoms with Crippen molar-refractivity contribution < 1.29 is 4.79 Å². The van der Waals surface area contributed by atoms with Crippen LogP contribution < -0.4 is 5.32 Å². The molecular weight excluding hydrogens is 276 g/mol.